The molecule has 0 saturated carbocycles. The Morgan fingerprint density at radius 2 is 1.96 bits per heavy atom. The maximum absolute atomic E-state index is 13.0. The van der Waals surface area contributed by atoms with Gasteiger partial charge in [0, 0.05) is 38.8 Å². The van der Waals surface area contributed by atoms with Crippen LogP contribution in [-0.4, -0.2) is 66.4 Å². The molecule has 3 aliphatic rings. The first-order valence-electron chi connectivity index (χ1n) is 9.31. The topological polar surface area (TPSA) is 64.7 Å². The van der Waals surface area contributed by atoms with E-state index in [-0.39, 0.29) is 23.9 Å². The third-order valence-corrected chi connectivity index (χ3v) is 5.65. The quantitative estimate of drug-likeness (QED) is 0.802. The molecule has 0 spiro atoms. The molecule has 0 unspecified atom stereocenters. The standard InChI is InChI=1S/C19H26N4O2/c24-18-12-20-7-9-23(18)16-6-3-8-22(13-16)19(25)17-10-14-4-1-2-5-15(14)11-21-17/h1-2,4-5,16-17,20-21H,3,6-13H2/t16-,17+/m0/s1. The number of benzene rings is 1. The number of carbonyl (C=O) groups is 2. The molecule has 4 rings (SSSR count). The van der Waals surface area contributed by atoms with Crippen LogP contribution < -0.4 is 10.6 Å². The lowest BCUT2D eigenvalue weighted by Crippen LogP contribution is -2.59. The van der Waals surface area contributed by atoms with Crippen LogP contribution in [0.2, 0.25) is 0 Å². The molecule has 134 valence electrons. The van der Waals surface area contributed by atoms with Crippen molar-refractivity contribution in [3.63, 3.8) is 0 Å². The van der Waals surface area contributed by atoms with Gasteiger partial charge in [-0.15, -0.1) is 0 Å². The Kier molecular flexibility index (Phi) is 4.72. The minimum absolute atomic E-state index is 0.146. The van der Waals surface area contributed by atoms with Gasteiger partial charge in [-0.25, -0.2) is 0 Å². The van der Waals surface area contributed by atoms with Gasteiger partial charge < -0.3 is 20.4 Å². The number of carbonyl (C=O) groups excluding carboxylic acids is 2. The zero-order valence-electron chi connectivity index (χ0n) is 14.5. The third kappa shape index (κ3) is 3.41. The summed E-state index contributed by atoms with van der Waals surface area (Å²) in [6, 6.07) is 8.35. The molecule has 1 aromatic rings. The van der Waals surface area contributed by atoms with Crippen LogP contribution in [0.3, 0.4) is 0 Å². The second kappa shape index (κ2) is 7.14. The molecule has 2 atom stereocenters. The van der Waals surface area contributed by atoms with E-state index in [1.54, 1.807) is 0 Å². The van der Waals surface area contributed by atoms with Gasteiger partial charge in [0.25, 0.3) is 0 Å². The summed E-state index contributed by atoms with van der Waals surface area (Å²) in [5, 5.41) is 6.51. The maximum atomic E-state index is 13.0. The van der Waals surface area contributed by atoms with E-state index in [1.165, 1.54) is 11.1 Å². The second-order valence-electron chi connectivity index (χ2n) is 7.25. The Balaban J connectivity index is 1.41. The molecule has 3 heterocycles. The van der Waals surface area contributed by atoms with Gasteiger partial charge >= 0.3 is 0 Å². The first-order valence-corrected chi connectivity index (χ1v) is 9.31. The molecule has 0 aliphatic carbocycles. The summed E-state index contributed by atoms with van der Waals surface area (Å²) in [4.78, 5) is 29.1. The van der Waals surface area contributed by atoms with E-state index in [2.05, 4.69) is 22.8 Å². The van der Waals surface area contributed by atoms with Crippen molar-refractivity contribution in [2.75, 3.05) is 32.7 Å². The van der Waals surface area contributed by atoms with Crippen LogP contribution in [0, 0.1) is 0 Å². The van der Waals surface area contributed by atoms with Crippen molar-refractivity contribution in [2.24, 2.45) is 0 Å². The number of piperidine rings is 1. The average molecular weight is 342 g/mol. The van der Waals surface area contributed by atoms with Gasteiger partial charge in [0.2, 0.25) is 11.8 Å². The molecular formula is C19H26N4O2. The molecule has 25 heavy (non-hydrogen) atoms. The Labute approximate surface area is 148 Å². The fourth-order valence-corrected chi connectivity index (χ4v) is 4.27. The second-order valence-corrected chi connectivity index (χ2v) is 7.25. The minimum Gasteiger partial charge on any atom is -0.339 e. The number of amides is 2. The Morgan fingerprint density at radius 3 is 2.80 bits per heavy atom. The fourth-order valence-electron chi connectivity index (χ4n) is 4.27. The predicted octanol–water partition coefficient (Wildman–Crippen LogP) is 0.124. The van der Waals surface area contributed by atoms with Crippen molar-refractivity contribution in [3.8, 4) is 0 Å². The van der Waals surface area contributed by atoms with E-state index < -0.39 is 0 Å². The molecule has 2 saturated heterocycles. The number of nitrogens with one attached hydrogen (secondary N) is 2. The van der Waals surface area contributed by atoms with Crippen molar-refractivity contribution in [2.45, 2.75) is 37.9 Å². The number of nitrogens with zero attached hydrogens (tertiary/aromatic N) is 2. The number of likely N-dealkylation sites (tertiary alicyclic amines) is 1. The first-order chi connectivity index (χ1) is 12.2. The van der Waals surface area contributed by atoms with Gasteiger partial charge in [0.05, 0.1) is 12.6 Å². The molecule has 3 aliphatic heterocycles. The maximum Gasteiger partial charge on any atom is 0.240 e. The van der Waals surface area contributed by atoms with E-state index in [1.807, 2.05) is 21.9 Å². The Bertz CT molecular complexity index is 663. The van der Waals surface area contributed by atoms with Crippen LogP contribution in [0.15, 0.2) is 24.3 Å². The minimum atomic E-state index is -0.146. The smallest absolute Gasteiger partial charge is 0.240 e. The number of piperazine rings is 1. The monoisotopic (exact) mass is 342 g/mol. The zero-order chi connectivity index (χ0) is 17.2. The number of fused-ring (bicyclic) bond motifs is 1. The van der Waals surface area contributed by atoms with Crippen molar-refractivity contribution in [3.05, 3.63) is 35.4 Å². The highest BCUT2D eigenvalue weighted by atomic mass is 16.2. The predicted molar refractivity (Wildman–Crippen MR) is 95.0 cm³/mol. The summed E-state index contributed by atoms with van der Waals surface area (Å²) in [5.41, 5.74) is 2.56. The highest BCUT2D eigenvalue weighted by molar-refractivity contribution is 5.83. The summed E-state index contributed by atoms with van der Waals surface area (Å²) < 4.78 is 0. The molecule has 6 nitrogen and oxygen atoms in total. The lowest BCUT2D eigenvalue weighted by molar-refractivity contribution is -0.141. The summed E-state index contributed by atoms with van der Waals surface area (Å²) >= 11 is 0. The lowest BCUT2D eigenvalue weighted by atomic mass is 9.94. The molecule has 2 N–H and O–H groups in total. The van der Waals surface area contributed by atoms with Gasteiger partial charge in [0.1, 0.15) is 0 Å². The number of hydrogen-bond acceptors (Lipinski definition) is 4. The van der Waals surface area contributed by atoms with Crippen molar-refractivity contribution in [1.29, 1.82) is 0 Å². The van der Waals surface area contributed by atoms with Gasteiger partial charge in [-0.3, -0.25) is 9.59 Å². The van der Waals surface area contributed by atoms with Crippen LogP contribution in [0.4, 0.5) is 0 Å². The lowest BCUT2D eigenvalue weighted by Gasteiger charge is -2.42. The molecule has 0 radical (unpaired) electrons. The first kappa shape index (κ1) is 16.5. The van der Waals surface area contributed by atoms with Crippen LogP contribution in [-0.2, 0) is 22.6 Å². The molecule has 2 fully saturated rings. The van der Waals surface area contributed by atoms with Crippen molar-refractivity contribution in [1.82, 2.24) is 20.4 Å². The van der Waals surface area contributed by atoms with Crippen molar-refractivity contribution < 1.29 is 9.59 Å². The highest BCUT2D eigenvalue weighted by Crippen LogP contribution is 2.21. The van der Waals surface area contributed by atoms with E-state index >= 15 is 0 Å². The number of rotatable bonds is 2. The fraction of sp³-hybridized carbons (Fsp3) is 0.579. The normalized spacial score (nSPS) is 27.1. The molecule has 0 bridgehead atoms. The summed E-state index contributed by atoms with van der Waals surface area (Å²) in [6.45, 7) is 4.24. The summed E-state index contributed by atoms with van der Waals surface area (Å²) in [7, 11) is 0. The van der Waals surface area contributed by atoms with Gasteiger partial charge in [-0.1, -0.05) is 24.3 Å². The average Bonchev–Trinajstić information content (AvgIpc) is 2.67. The Morgan fingerprint density at radius 1 is 1.12 bits per heavy atom. The van der Waals surface area contributed by atoms with Crippen molar-refractivity contribution >= 4 is 11.8 Å². The highest BCUT2D eigenvalue weighted by Gasteiger charge is 2.34. The molecule has 0 aromatic heterocycles. The van der Waals surface area contributed by atoms with Crippen LogP contribution in [0.1, 0.15) is 24.0 Å². The van der Waals surface area contributed by atoms with Gasteiger partial charge in [-0.05, 0) is 30.4 Å². The molecule has 2 amide bonds. The number of hydrogen-bond donors (Lipinski definition) is 2. The molecule has 6 heteroatoms. The molecule has 1 aromatic carbocycles. The van der Waals surface area contributed by atoms with Crippen LogP contribution in [0.25, 0.3) is 0 Å². The third-order valence-electron chi connectivity index (χ3n) is 5.65. The van der Waals surface area contributed by atoms with Gasteiger partial charge in [-0.2, -0.15) is 0 Å². The zero-order valence-corrected chi connectivity index (χ0v) is 14.5. The van der Waals surface area contributed by atoms with E-state index in [4.69, 9.17) is 0 Å². The summed E-state index contributed by atoms with van der Waals surface area (Å²) in [6.07, 6.45) is 2.72. The summed E-state index contributed by atoms with van der Waals surface area (Å²) in [5.74, 6) is 0.344. The van der Waals surface area contributed by atoms with Gasteiger partial charge in [0.15, 0.2) is 0 Å². The van der Waals surface area contributed by atoms with E-state index in [9.17, 15) is 9.59 Å². The Hall–Kier alpha value is -1.92. The van der Waals surface area contributed by atoms with E-state index in [0.29, 0.717) is 13.1 Å². The largest absolute Gasteiger partial charge is 0.339 e. The van der Waals surface area contributed by atoms with Crippen LogP contribution in [0.5, 0.6) is 0 Å². The van der Waals surface area contributed by atoms with Crippen LogP contribution >= 0.6 is 0 Å². The SMILES string of the molecule is O=C([C@H]1Cc2ccccc2CN1)N1CCC[C@H](N2CCNCC2=O)C1. The molecular weight excluding hydrogens is 316 g/mol. The van der Waals surface area contributed by atoms with E-state index in [0.717, 1.165) is 45.4 Å².